The maximum absolute atomic E-state index is 10.3. The fraction of sp³-hybridized carbons (Fsp3) is 0.929. The highest BCUT2D eigenvalue weighted by Crippen LogP contribution is 2.08. The van der Waals surface area contributed by atoms with Crippen molar-refractivity contribution in [3.8, 4) is 0 Å². The maximum atomic E-state index is 10.3. The lowest BCUT2D eigenvalue weighted by molar-refractivity contribution is -0.137. The second-order valence-corrected chi connectivity index (χ2v) is 4.91. The Balaban J connectivity index is 3.17. The lowest BCUT2D eigenvalue weighted by Gasteiger charge is -2.11. The van der Waals surface area contributed by atoms with Crippen molar-refractivity contribution < 1.29 is 15.0 Å². The van der Waals surface area contributed by atoms with Crippen LogP contribution in [-0.4, -0.2) is 35.4 Å². The number of carbonyl (C=O) groups is 1. The molecule has 3 N–H and O–H groups in total. The molecule has 0 aromatic carbocycles. The van der Waals surface area contributed by atoms with Gasteiger partial charge in [-0.2, -0.15) is 0 Å². The van der Waals surface area contributed by atoms with Crippen molar-refractivity contribution in [3.05, 3.63) is 0 Å². The van der Waals surface area contributed by atoms with Gasteiger partial charge in [-0.15, -0.1) is 0 Å². The second kappa shape index (κ2) is 12.8. The van der Waals surface area contributed by atoms with Crippen LogP contribution in [0.5, 0.6) is 0 Å². The zero-order valence-electron chi connectivity index (χ0n) is 11.7. The molecule has 0 aromatic heterocycles. The van der Waals surface area contributed by atoms with Gasteiger partial charge in [-0.1, -0.05) is 45.4 Å². The molecule has 4 nitrogen and oxygen atoms in total. The first-order valence-corrected chi connectivity index (χ1v) is 7.27. The Kier molecular flexibility index (Phi) is 12.4. The Morgan fingerprint density at radius 2 is 1.78 bits per heavy atom. The van der Waals surface area contributed by atoms with Gasteiger partial charge in [0.05, 0.1) is 6.10 Å². The normalized spacial score (nSPS) is 12.6. The van der Waals surface area contributed by atoms with E-state index in [4.69, 9.17) is 5.11 Å². The lowest BCUT2D eigenvalue weighted by Crippen LogP contribution is -2.27. The molecule has 0 rings (SSSR count). The number of carboxylic acid groups (broad SMARTS) is 1. The predicted molar refractivity (Wildman–Crippen MR) is 73.7 cm³/mol. The smallest absolute Gasteiger partial charge is 0.303 e. The van der Waals surface area contributed by atoms with Gasteiger partial charge in [0, 0.05) is 13.0 Å². The Hall–Kier alpha value is -0.610. The Bertz CT molecular complexity index is 197. The summed E-state index contributed by atoms with van der Waals surface area (Å²) in [5.74, 6) is -0.760. The van der Waals surface area contributed by atoms with Crippen LogP contribution in [-0.2, 0) is 4.79 Å². The standard InChI is InChI=1S/C14H29NO3/c1-2-3-4-5-6-7-9-13(16)12-15-11-8-10-14(17)18/h13,15-16H,2-12H2,1H3,(H,17,18). The van der Waals surface area contributed by atoms with Gasteiger partial charge in [0.2, 0.25) is 0 Å². The van der Waals surface area contributed by atoms with Gasteiger partial charge in [-0.3, -0.25) is 4.79 Å². The highest BCUT2D eigenvalue weighted by atomic mass is 16.4. The van der Waals surface area contributed by atoms with Crippen LogP contribution in [0.15, 0.2) is 0 Å². The van der Waals surface area contributed by atoms with Crippen molar-refractivity contribution in [2.45, 2.75) is 70.8 Å². The minimum absolute atomic E-state index is 0.195. The molecule has 0 fully saturated rings. The minimum atomic E-state index is -0.760. The average Bonchev–Trinajstić information content (AvgIpc) is 2.33. The van der Waals surface area contributed by atoms with E-state index in [9.17, 15) is 9.90 Å². The van der Waals surface area contributed by atoms with Gasteiger partial charge in [-0.25, -0.2) is 0 Å². The molecule has 0 saturated carbocycles. The summed E-state index contributed by atoms with van der Waals surface area (Å²) in [6.07, 6.45) is 8.82. The van der Waals surface area contributed by atoms with E-state index in [0.717, 1.165) is 12.8 Å². The summed E-state index contributed by atoms with van der Waals surface area (Å²) in [4.78, 5) is 10.3. The monoisotopic (exact) mass is 259 g/mol. The van der Waals surface area contributed by atoms with E-state index in [-0.39, 0.29) is 12.5 Å². The van der Waals surface area contributed by atoms with Crippen LogP contribution in [0.4, 0.5) is 0 Å². The number of aliphatic carboxylic acids is 1. The fourth-order valence-electron chi connectivity index (χ4n) is 1.90. The van der Waals surface area contributed by atoms with Gasteiger partial charge in [0.15, 0.2) is 0 Å². The van der Waals surface area contributed by atoms with Crippen molar-refractivity contribution in [3.63, 3.8) is 0 Å². The molecule has 0 amide bonds. The molecule has 0 aliphatic rings. The SMILES string of the molecule is CCCCCCCCC(O)CNCCCC(=O)O. The summed E-state index contributed by atoms with van der Waals surface area (Å²) in [5.41, 5.74) is 0. The van der Waals surface area contributed by atoms with E-state index >= 15 is 0 Å². The highest BCUT2D eigenvalue weighted by Gasteiger charge is 2.03. The van der Waals surface area contributed by atoms with E-state index < -0.39 is 5.97 Å². The van der Waals surface area contributed by atoms with Crippen LogP contribution < -0.4 is 5.32 Å². The molecule has 0 heterocycles. The molecule has 0 radical (unpaired) electrons. The molecule has 0 aliphatic heterocycles. The summed E-state index contributed by atoms with van der Waals surface area (Å²) in [6, 6.07) is 0. The largest absolute Gasteiger partial charge is 0.481 e. The molecule has 0 aromatic rings. The molecule has 4 heteroatoms. The predicted octanol–water partition coefficient (Wildman–Crippen LogP) is 2.55. The summed E-state index contributed by atoms with van der Waals surface area (Å²) >= 11 is 0. The lowest BCUT2D eigenvalue weighted by atomic mass is 10.1. The first kappa shape index (κ1) is 17.4. The summed E-state index contributed by atoms with van der Waals surface area (Å²) in [7, 11) is 0. The van der Waals surface area contributed by atoms with Crippen LogP contribution in [0.2, 0.25) is 0 Å². The Morgan fingerprint density at radius 1 is 1.11 bits per heavy atom. The first-order chi connectivity index (χ1) is 8.66. The maximum Gasteiger partial charge on any atom is 0.303 e. The van der Waals surface area contributed by atoms with Crippen molar-refractivity contribution in [1.82, 2.24) is 5.32 Å². The number of nitrogens with one attached hydrogen (secondary N) is 1. The summed E-state index contributed by atoms with van der Waals surface area (Å²) in [6.45, 7) is 3.45. The van der Waals surface area contributed by atoms with E-state index in [2.05, 4.69) is 12.2 Å². The van der Waals surface area contributed by atoms with Crippen molar-refractivity contribution in [1.29, 1.82) is 0 Å². The third kappa shape index (κ3) is 13.5. The molecule has 1 atom stereocenters. The number of hydrogen-bond donors (Lipinski definition) is 3. The van der Waals surface area contributed by atoms with Gasteiger partial charge in [0.1, 0.15) is 0 Å². The molecular formula is C14H29NO3. The molecule has 108 valence electrons. The summed E-state index contributed by atoms with van der Waals surface area (Å²) < 4.78 is 0. The van der Waals surface area contributed by atoms with E-state index in [1.54, 1.807) is 0 Å². The van der Waals surface area contributed by atoms with Gasteiger partial charge in [0.25, 0.3) is 0 Å². The number of aliphatic hydroxyl groups excluding tert-OH is 1. The van der Waals surface area contributed by atoms with Gasteiger partial charge in [-0.05, 0) is 19.4 Å². The zero-order valence-corrected chi connectivity index (χ0v) is 11.7. The average molecular weight is 259 g/mol. The van der Waals surface area contributed by atoms with Crippen LogP contribution in [0, 0.1) is 0 Å². The van der Waals surface area contributed by atoms with Gasteiger partial charge < -0.3 is 15.5 Å². The van der Waals surface area contributed by atoms with Gasteiger partial charge >= 0.3 is 5.97 Å². The Morgan fingerprint density at radius 3 is 2.44 bits per heavy atom. The van der Waals surface area contributed by atoms with E-state index in [1.807, 2.05) is 0 Å². The molecule has 0 spiro atoms. The number of rotatable bonds is 13. The zero-order chi connectivity index (χ0) is 13.6. The van der Waals surface area contributed by atoms with Crippen molar-refractivity contribution in [2.24, 2.45) is 0 Å². The third-order valence-corrected chi connectivity index (χ3v) is 3.02. The van der Waals surface area contributed by atoms with E-state index in [1.165, 1.54) is 32.1 Å². The molecule has 0 saturated heterocycles. The van der Waals surface area contributed by atoms with Crippen molar-refractivity contribution in [2.75, 3.05) is 13.1 Å². The molecular weight excluding hydrogens is 230 g/mol. The summed E-state index contributed by atoms with van der Waals surface area (Å²) in [5, 5.41) is 21.2. The van der Waals surface area contributed by atoms with Crippen LogP contribution >= 0.6 is 0 Å². The number of aliphatic hydroxyl groups is 1. The second-order valence-electron chi connectivity index (χ2n) is 4.91. The number of hydrogen-bond acceptors (Lipinski definition) is 3. The number of unbranched alkanes of at least 4 members (excludes halogenated alkanes) is 5. The molecule has 0 aliphatic carbocycles. The quantitative estimate of drug-likeness (QED) is 0.445. The highest BCUT2D eigenvalue weighted by molar-refractivity contribution is 5.66. The van der Waals surface area contributed by atoms with E-state index in [0.29, 0.717) is 19.5 Å². The third-order valence-electron chi connectivity index (χ3n) is 3.02. The molecule has 18 heavy (non-hydrogen) atoms. The topological polar surface area (TPSA) is 69.6 Å². The molecule has 0 bridgehead atoms. The molecule has 1 unspecified atom stereocenters. The fourth-order valence-corrected chi connectivity index (χ4v) is 1.90. The van der Waals surface area contributed by atoms with Crippen LogP contribution in [0.25, 0.3) is 0 Å². The Labute approximate surface area is 111 Å². The van der Waals surface area contributed by atoms with Crippen LogP contribution in [0.1, 0.15) is 64.7 Å². The number of carboxylic acids is 1. The van der Waals surface area contributed by atoms with Crippen LogP contribution in [0.3, 0.4) is 0 Å². The first-order valence-electron chi connectivity index (χ1n) is 7.27. The minimum Gasteiger partial charge on any atom is -0.481 e. The van der Waals surface area contributed by atoms with Crippen molar-refractivity contribution >= 4 is 5.97 Å².